The lowest BCUT2D eigenvalue weighted by atomic mass is 9.85. The van der Waals surface area contributed by atoms with Crippen LogP contribution in [0, 0.1) is 0 Å². The van der Waals surface area contributed by atoms with E-state index >= 15 is 0 Å². The highest BCUT2D eigenvalue weighted by Crippen LogP contribution is 2.23. The van der Waals surface area contributed by atoms with Gasteiger partial charge in [-0.05, 0) is 38.5 Å². The van der Waals surface area contributed by atoms with E-state index in [9.17, 15) is 14.4 Å². The molecule has 23 heavy (non-hydrogen) atoms. The second-order valence-corrected chi connectivity index (χ2v) is 5.69. The van der Waals surface area contributed by atoms with Crippen molar-refractivity contribution in [3.05, 3.63) is 0 Å². The molecule has 0 amide bonds. The highest BCUT2D eigenvalue weighted by Gasteiger charge is 2.24. The van der Waals surface area contributed by atoms with Crippen molar-refractivity contribution in [1.82, 2.24) is 0 Å². The van der Waals surface area contributed by atoms with Gasteiger partial charge in [-0.2, -0.15) is 0 Å². The van der Waals surface area contributed by atoms with E-state index in [4.69, 9.17) is 19.9 Å². The molecular formula is C16H29NO6. The van der Waals surface area contributed by atoms with Crippen molar-refractivity contribution in [2.75, 3.05) is 19.8 Å². The van der Waals surface area contributed by atoms with Gasteiger partial charge in [0.2, 0.25) is 0 Å². The van der Waals surface area contributed by atoms with Gasteiger partial charge in [0, 0.05) is 26.3 Å². The van der Waals surface area contributed by atoms with Crippen LogP contribution in [0.2, 0.25) is 0 Å². The smallest absolute Gasteiger partial charge is 0.302 e. The molecule has 134 valence electrons. The normalized spacial score (nSPS) is 11.0. The number of hydrogen-bond acceptors (Lipinski definition) is 7. The standard InChI is InChI=1S/C16H29NO6/c1-13(18)21-10-4-7-16(17,8-5-11-22-14(2)19)9-6-12-23-15(3)20/h4-12,17H2,1-3H3. The summed E-state index contributed by atoms with van der Waals surface area (Å²) in [6.07, 6.45) is 4.03. The van der Waals surface area contributed by atoms with Crippen molar-refractivity contribution < 1.29 is 28.6 Å². The molecule has 0 aliphatic rings. The summed E-state index contributed by atoms with van der Waals surface area (Å²) in [5, 5.41) is 0. The van der Waals surface area contributed by atoms with E-state index in [1.165, 1.54) is 20.8 Å². The maximum Gasteiger partial charge on any atom is 0.302 e. The molecule has 0 heterocycles. The largest absolute Gasteiger partial charge is 0.466 e. The Kier molecular flexibility index (Phi) is 11.0. The zero-order valence-corrected chi connectivity index (χ0v) is 14.4. The second kappa shape index (κ2) is 11.9. The molecule has 0 spiro atoms. The Hall–Kier alpha value is -1.63. The fourth-order valence-corrected chi connectivity index (χ4v) is 2.30. The van der Waals surface area contributed by atoms with E-state index in [-0.39, 0.29) is 17.9 Å². The molecule has 0 aliphatic carbocycles. The van der Waals surface area contributed by atoms with Crippen LogP contribution in [0.4, 0.5) is 0 Å². The Bertz CT molecular complexity index is 328. The van der Waals surface area contributed by atoms with Gasteiger partial charge in [0.15, 0.2) is 0 Å². The molecule has 0 aromatic heterocycles. The van der Waals surface area contributed by atoms with E-state index in [2.05, 4.69) is 0 Å². The predicted molar refractivity (Wildman–Crippen MR) is 84.5 cm³/mol. The Balaban J connectivity index is 4.23. The topological polar surface area (TPSA) is 105 Å². The monoisotopic (exact) mass is 331 g/mol. The summed E-state index contributed by atoms with van der Waals surface area (Å²) in [6.45, 7) is 5.11. The lowest BCUT2D eigenvalue weighted by Crippen LogP contribution is -2.40. The number of nitrogens with two attached hydrogens (primary N) is 1. The Morgan fingerprint density at radius 1 is 0.696 bits per heavy atom. The van der Waals surface area contributed by atoms with Crippen molar-refractivity contribution in [2.24, 2.45) is 5.73 Å². The first kappa shape index (κ1) is 21.4. The molecular weight excluding hydrogens is 302 g/mol. The third-order valence-corrected chi connectivity index (χ3v) is 3.37. The molecule has 0 unspecified atom stereocenters. The van der Waals surface area contributed by atoms with E-state index in [0.717, 1.165) is 0 Å². The molecule has 0 aliphatic heterocycles. The first-order valence-electron chi connectivity index (χ1n) is 7.94. The molecule has 0 radical (unpaired) electrons. The van der Waals surface area contributed by atoms with Crippen molar-refractivity contribution in [3.63, 3.8) is 0 Å². The van der Waals surface area contributed by atoms with Crippen molar-refractivity contribution in [1.29, 1.82) is 0 Å². The highest BCUT2D eigenvalue weighted by molar-refractivity contribution is 5.66. The lowest BCUT2D eigenvalue weighted by molar-refractivity contribution is -0.141. The average Bonchev–Trinajstić information content (AvgIpc) is 2.44. The molecule has 0 aromatic rings. The van der Waals surface area contributed by atoms with E-state index in [1.807, 2.05) is 0 Å². The number of carbonyl (C=O) groups is 3. The minimum Gasteiger partial charge on any atom is -0.466 e. The van der Waals surface area contributed by atoms with Gasteiger partial charge >= 0.3 is 17.9 Å². The molecule has 0 bridgehead atoms. The van der Waals surface area contributed by atoms with Crippen molar-refractivity contribution in [2.45, 2.75) is 64.8 Å². The zero-order valence-electron chi connectivity index (χ0n) is 14.4. The first-order chi connectivity index (χ1) is 10.7. The number of rotatable bonds is 12. The predicted octanol–water partition coefficient (Wildman–Crippen LogP) is 1.71. The second-order valence-electron chi connectivity index (χ2n) is 5.69. The summed E-state index contributed by atoms with van der Waals surface area (Å²) in [5.41, 5.74) is 5.97. The van der Waals surface area contributed by atoms with Crippen LogP contribution in [0.15, 0.2) is 0 Å². The van der Waals surface area contributed by atoms with Gasteiger partial charge < -0.3 is 19.9 Å². The number of ether oxygens (including phenoxy) is 3. The number of esters is 3. The SMILES string of the molecule is CC(=O)OCCCC(N)(CCCOC(C)=O)CCCOC(C)=O. The number of carbonyl (C=O) groups excluding carboxylic acids is 3. The molecule has 0 saturated carbocycles. The van der Waals surface area contributed by atoms with E-state index < -0.39 is 5.54 Å². The Morgan fingerprint density at radius 2 is 0.957 bits per heavy atom. The fraction of sp³-hybridized carbons (Fsp3) is 0.812. The summed E-state index contributed by atoms with van der Waals surface area (Å²) < 4.78 is 14.8. The lowest BCUT2D eigenvalue weighted by Gasteiger charge is -2.29. The minimum absolute atomic E-state index is 0.308. The van der Waals surface area contributed by atoms with E-state index in [1.54, 1.807) is 0 Å². The van der Waals surface area contributed by atoms with Gasteiger partial charge in [0.05, 0.1) is 19.8 Å². The first-order valence-corrected chi connectivity index (χ1v) is 7.94. The number of hydrogen-bond donors (Lipinski definition) is 1. The molecule has 0 rings (SSSR count). The highest BCUT2D eigenvalue weighted by atomic mass is 16.5. The summed E-state index contributed by atoms with van der Waals surface area (Å²) in [6, 6.07) is 0. The molecule has 0 fully saturated rings. The molecule has 0 aromatic carbocycles. The average molecular weight is 331 g/mol. The molecule has 2 N–H and O–H groups in total. The summed E-state index contributed by atoms with van der Waals surface area (Å²) >= 11 is 0. The summed E-state index contributed by atoms with van der Waals surface area (Å²) in [7, 11) is 0. The molecule has 7 heteroatoms. The fourth-order valence-electron chi connectivity index (χ4n) is 2.30. The molecule has 0 saturated heterocycles. The van der Waals surface area contributed by atoms with Gasteiger partial charge in [0.25, 0.3) is 0 Å². The van der Waals surface area contributed by atoms with Gasteiger partial charge in [0.1, 0.15) is 0 Å². The summed E-state index contributed by atoms with van der Waals surface area (Å²) in [4.78, 5) is 32.3. The maximum absolute atomic E-state index is 10.8. The zero-order chi connectivity index (χ0) is 17.7. The van der Waals surface area contributed by atoms with Crippen LogP contribution in [0.3, 0.4) is 0 Å². The van der Waals surface area contributed by atoms with Crippen LogP contribution < -0.4 is 5.73 Å². The van der Waals surface area contributed by atoms with Crippen LogP contribution in [0.5, 0.6) is 0 Å². The van der Waals surface area contributed by atoms with Crippen molar-refractivity contribution in [3.8, 4) is 0 Å². The third-order valence-electron chi connectivity index (χ3n) is 3.37. The van der Waals surface area contributed by atoms with Crippen LogP contribution in [0.25, 0.3) is 0 Å². The Morgan fingerprint density at radius 3 is 1.17 bits per heavy atom. The Labute approximate surface area is 137 Å². The van der Waals surface area contributed by atoms with Crippen LogP contribution in [0.1, 0.15) is 59.3 Å². The molecule has 7 nitrogen and oxygen atoms in total. The van der Waals surface area contributed by atoms with E-state index in [0.29, 0.717) is 58.3 Å². The molecule has 0 atom stereocenters. The summed E-state index contributed by atoms with van der Waals surface area (Å²) in [5.74, 6) is -0.924. The van der Waals surface area contributed by atoms with Gasteiger partial charge in [-0.25, -0.2) is 0 Å². The van der Waals surface area contributed by atoms with Crippen LogP contribution in [-0.2, 0) is 28.6 Å². The van der Waals surface area contributed by atoms with Gasteiger partial charge in [-0.1, -0.05) is 0 Å². The van der Waals surface area contributed by atoms with Gasteiger partial charge in [-0.15, -0.1) is 0 Å². The minimum atomic E-state index is -0.458. The van der Waals surface area contributed by atoms with Gasteiger partial charge in [-0.3, -0.25) is 14.4 Å². The van der Waals surface area contributed by atoms with Crippen LogP contribution >= 0.6 is 0 Å². The maximum atomic E-state index is 10.8. The van der Waals surface area contributed by atoms with Crippen molar-refractivity contribution >= 4 is 17.9 Å². The van der Waals surface area contributed by atoms with Crippen LogP contribution in [-0.4, -0.2) is 43.3 Å². The quantitative estimate of drug-likeness (QED) is 0.330. The third kappa shape index (κ3) is 13.7.